The number of nitrogens with one attached hydrogen (secondary N) is 1. The number of benzene rings is 1. The lowest BCUT2D eigenvalue weighted by Crippen LogP contribution is -2.49. The summed E-state index contributed by atoms with van der Waals surface area (Å²) in [6.45, 7) is 5.22. The van der Waals surface area contributed by atoms with Crippen LogP contribution in [-0.4, -0.2) is 38.5 Å². The average Bonchev–Trinajstić information content (AvgIpc) is 2.39. The summed E-state index contributed by atoms with van der Waals surface area (Å²) >= 11 is 0. The summed E-state index contributed by atoms with van der Waals surface area (Å²) in [6.07, 6.45) is 0.196. The molecule has 0 bridgehead atoms. The van der Waals surface area contributed by atoms with Crippen molar-refractivity contribution >= 4 is 0 Å². The van der Waals surface area contributed by atoms with E-state index in [0.29, 0.717) is 13.2 Å². The Morgan fingerprint density at radius 3 is 2.72 bits per heavy atom. The molecule has 2 atom stereocenters. The van der Waals surface area contributed by atoms with Gasteiger partial charge in [0.25, 0.3) is 0 Å². The fraction of sp³-hybridized carbons (Fsp3) is 0.571. The third-order valence-corrected chi connectivity index (χ3v) is 2.96. The average molecular weight is 251 g/mol. The topological polar surface area (TPSA) is 39.7 Å². The Morgan fingerprint density at radius 2 is 2.06 bits per heavy atom. The third kappa shape index (κ3) is 3.15. The minimum Gasteiger partial charge on any atom is -0.486 e. The van der Waals surface area contributed by atoms with Gasteiger partial charge in [0.05, 0.1) is 18.8 Å². The van der Waals surface area contributed by atoms with Crippen LogP contribution in [0.3, 0.4) is 0 Å². The standard InChI is InChI=1S/C14H21NO3/c1-10(2)16-8-11(15-3)14-9-17-12-6-4-5-7-13(12)18-14/h4-7,10-11,14-15H,8-9H2,1-3H3. The zero-order valence-electron chi connectivity index (χ0n) is 11.2. The highest BCUT2D eigenvalue weighted by Gasteiger charge is 2.28. The van der Waals surface area contributed by atoms with Crippen LogP contribution in [0.1, 0.15) is 13.8 Å². The highest BCUT2D eigenvalue weighted by atomic mass is 16.6. The predicted molar refractivity (Wildman–Crippen MR) is 70.3 cm³/mol. The molecule has 1 aliphatic rings. The molecule has 0 spiro atoms. The van der Waals surface area contributed by atoms with Gasteiger partial charge in [-0.25, -0.2) is 0 Å². The summed E-state index contributed by atoms with van der Waals surface area (Å²) in [5, 5.41) is 3.23. The van der Waals surface area contributed by atoms with Gasteiger partial charge in [0.2, 0.25) is 0 Å². The normalized spacial score (nSPS) is 19.9. The van der Waals surface area contributed by atoms with E-state index in [1.807, 2.05) is 45.2 Å². The molecule has 1 N–H and O–H groups in total. The molecule has 0 radical (unpaired) electrons. The van der Waals surface area contributed by atoms with Crippen LogP contribution >= 0.6 is 0 Å². The summed E-state index contributed by atoms with van der Waals surface area (Å²) in [6, 6.07) is 7.87. The van der Waals surface area contributed by atoms with E-state index < -0.39 is 0 Å². The molecule has 1 aromatic rings. The molecule has 2 unspecified atom stereocenters. The minimum atomic E-state index is -0.0244. The molecule has 1 aliphatic heterocycles. The lowest BCUT2D eigenvalue weighted by Gasteiger charge is -2.32. The fourth-order valence-electron chi connectivity index (χ4n) is 1.91. The Labute approximate surface area is 108 Å². The molecule has 1 aromatic carbocycles. The maximum absolute atomic E-state index is 5.95. The SMILES string of the molecule is CNC(COC(C)C)C1COc2ccccc2O1. The van der Waals surface area contributed by atoms with Gasteiger partial charge in [-0.05, 0) is 33.0 Å². The van der Waals surface area contributed by atoms with Crippen LogP contribution in [0.25, 0.3) is 0 Å². The Morgan fingerprint density at radius 1 is 1.33 bits per heavy atom. The minimum absolute atomic E-state index is 0.0244. The van der Waals surface area contributed by atoms with Crippen molar-refractivity contribution < 1.29 is 14.2 Å². The summed E-state index contributed by atoms with van der Waals surface area (Å²) in [7, 11) is 1.91. The second-order valence-electron chi connectivity index (χ2n) is 4.69. The number of ether oxygens (including phenoxy) is 3. The van der Waals surface area contributed by atoms with Crippen molar-refractivity contribution in [1.82, 2.24) is 5.32 Å². The summed E-state index contributed by atoms with van der Waals surface area (Å²) in [5.74, 6) is 1.62. The lowest BCUT2D eigenvalue weighted by atomic mass is 10.1. The van der Waals surface area contributed by atoms with E-state index in [4.69, 9.17) is 14.2 Å². The second-order valence-corrected chi connectivity index (χ2v) is 4.69. The van der Waals surface area contributed by atoms with Crippen molar-refractivity contribution in [3.8, 4) is 11.5 Å². The number of hydrogen-bond donors (Lipinski definition) is 1. The number of likely N-dealkylation sites (N-methyl/N-ethyl adjacent to an activating group) is 1. The highest BCUT2D eigenvalue weighted by Crippen LogP contribution is 2.31. The molecule has 2 rings (SSSR count). The van der Waals surface area contributed by atoms with Gasteiger partial charge in [0, 0.05) is 0 Å². The van der Waals surface area contributed by atoms with Gasteiger partial charge in [0.1, 0.15) is 6.61 Å². The molecule has 100 valence electrons. The highest BCUT2D eigenvalue weighted by molar-refractivity contribution is 5.40. The van der Waals surface area contributed by atoms with E-state index in [-0.39, 0.29) is 18.2 Å². The van der Waals surface area contributed by atoms with Crippen molar-refractivity contribution in [3.05, 3.63) is 24.3 Å². The van der Waals surface area contributed by atoms with E-state index in [1.54, 1.807) is 0 Å². The van der Waals surface area contributed by atoms with Crippen molar-refractivity contribution in [2.45, 2.75) is 32.1 Å². The summed E-state index contributed by atoms with van der Waals surface area (Å²) < 4.78 is 17.3. The Kier molecular flexibility index (Phi) is 4.44. The van der Waals surface area contributed by atoms with Gasteiger partial charge in [-0.2, -0.15) is 0 Å². The Bertz CT molecular complexity index is 381. The summed E-state index contributed by atoms with van der Waals surface area (Å²) in [5.41, 5.74) is 0. The van der Waals surface area contributed by atoms with Gasteiger partial charge < -0.3 is 19.5 Å². The first-order chi connectivity index (χ1) is 8.70. The zero-order valence-corrected chi connectivity index (χ0v) is 11.2. The molecule has 0 saturated carbocycles. The smallest absolute Gasteiger partial charge is 0.161 e. The van der Waals surface area contributed by atoms with Gasteiger partial charge in [0.15, 0.2) is 17.6 Å². The van der Waals surface area contributed by atoms with E-state index in [9.17, 15) is 0 Å². The molecule has 18 heavy (non-hydrogen) atoms. The maximum atomic E-state index is 5.95. The molecule has 1 heterocycles. The second kappa shape index (κ2) is 6.07. The maximum Gasteiger partial charge on any atom is 0.161 e. The molecule has 4 heteroatoms. The van der Waals surface area contributed by atoms with Crippen LogP contribution in [0.5, 0.6) is 11.5 Å². The van der Waals surface area contributed by atoms with E-state index in [1.165, 1.54) is 0 Å². The van der Waals surface area contributed by atoms with Gasteiger partial charge in [-0.3, -0.25) is 0 Å². The van der Waals surface area contributed by atoms with E-state index in [0.717, 1.165) is 11.5 Å². The first kappa shape index (κ1) is 13.2. The quantitative estimate of drug-likeness (QED) is 0.867. The predicted octanol–water partition coefficient (Wildman–Crippen LogP) is 1.84. The number of hydrogen-bond acceptors (Lipinski definition) is 4. The monoisotopic (exact) mass is 251 g/mol. The summed E-state index contributed by atoms with van der Waals surface area (Å²) in [4.78, 5) is 0. The van der Waals surface area contributed by atoms with Crippen molar-refractivity contribution in [3.63, 3.8) is 0 Å². The first-order valence-electron chi connectivity index (χ1n) is 6.38. The van der Waals surface area contributed by atoms with Crippen LogP contribution in [0.2, 0.25) is 0 Å². The molecule has 0 aliphatic carbocycles. The lowest BCUT2D eigenvalue weighted by molar-refractivity contribution is 0.00434. The molecular weight excluding hydrogens is 230 g/mol. The molecule has 0 fully saturated rings. The van der Waals surface area contributed by atoms with Crippen molar-refractivity contribution in [2.24, 2.45) is 0 Å². The van der Waals surface area contributed by atoms with E-state index in [2.05, 4.69) is 5.32 Å². The van der Waals surface area contributed by atoms with Crippen LogP contribution in [0, 0.1) is 0 Å². The first-order valence-corrected chi connectivity index (χ1v) is 6.38. The molecular formula is C14H21NO3. The largest absolute Gasteiger partial charge is 0.486 e. The van der Waals surface area contributed by atoms with Crippen LogP contribution in [-0.2, 0) is 4.74 Å². The van der Waals surface area contributed by atoms with Crippen LogP contribution in [0.15, 0.2) is 24.3 Å². The molecule has 0 amide bonds. The third-order valence-electron chi connectivity index (χ3n) is 2.96. The molecule has 0 saturated heterocycles. The zero-order chi connectivity index (χ0) is 13.0. The van der Waals surface area contributed by atoms with Crippen LogP contribution < -0.4 is 14.8 Å². The number of fused-ring (bicyclic) bond motifs is 1. The number of rotatable bonds is 5. The van der Waals surface area contributed by atoms with Gasteiger partial charge >= 0.3 is 0 Å². The Balaban J connectivity index is 1.98. The van der Waals surface area contributed by atoms with Gasteiger partial charge in [-0.15, -0.1) is 0 Å². The Hall–Kier alpha value is -1.26. The fourth-order valence-corrected chi connectivity index (χ4v) is 1.91. The van der Waals surface area contributed by atoms with E-state index >= 15 is 0 Å². The molecule has 0 aromatic heterocycles. The van der Waals surface area contributed by atoms with Crippen LogP contribution in [0.4, 0.5) is 0 Å². The van der Waals surface area contributed by atoms with Crippen molar-refractivity contribution in [1.29, 1.82) is 0 Å². The van der Waals surface area contributed by atoms with Gasteiger partial charge in [-0.1, -0.05) is 12.1 Å². The molecule has 4 nitrogen and oxygen atoms in total. The number of para-hydroxylation sites is 2. The van der Waals surface area contributed by atoms with Crippen molar-refractivity contribution in [2.75, 3.05) is 20.3 Å².